The number of nitrogens with zero attached hydrogens (tertiary/aromatic N) is 7. The monoisotopic (exact) mass is 346 g/mol. The third-order valence-electron chi connectivity index (χ3n) is 4.76. The molecule has 0 spiro atoms. The quantitative estimate of drug-likeness (QED) is 0.611. The summed E-state index contributed by atoms with van der Waals surface area (Å²) >= 11 is 0. The highest BCUT2D eigenvalue weighted by Crippen LogP contribution is 2.29. The van der Waals surface area contributed by atoms with E-state index in [2.05, 4.69) is 48.9 Å². The van der Waals surface area contributed by atoms with E-state index in [1.165, 1.54) is 5.69 Å². The first kappa shape index (κ1) is 15.0. The fourth-order valence-corrected chi connectivity index (χ4v) is 3.49. The molecule has 1 aromatic carbocycles. The Morgan fingerprint density at radius 1 is 1.12 bits per heavy atom. The van der Waals surface area contributed by atoms with Crippen LogP contribution in [0.15, 0.2) is 48.9 Å². The van der Waals surface area contributed by atoms with Crippen LogP contribution in [0.25, 0.3) is 11.2 Å². The molecule has 4 heterocycles. The standard InChI is InChI=1S/C18H18N8/c1-2-5-13(6-3-1)11-26-18-16(23-24-26)17(19-12-20-18)22-14-7-4-10-25-15(14)8-9-21-25/h1-3,5-6,8-9,12,14H,4,7,10-11H2,(H,19,20,22). The summed E-state index contributed by atoms with van der Waals surface area (Å²) in [6, 6.07) is 12.4. The first-order valence-electron chi connectivity index (χ1n) is 8.75. The molecule has 8 nitrogen and oxygen atoms in total. The van der Waals surface area contributed by atoms with Crippen LogP contribution in [0.3, 0.4) is 0 Å². The zero-order chi connectivity index (χ0) is 17.3. The van der Waals surface area contributed by atoms with Gasteiger partial charge in [0, 0.05) is 12.7 Å². The van der Waals surface area contributed by atoms with E-state index in [0.29, 0.717) is 17.9 Å². The maximum Gasteiger partial charge on any atom is 0.184 e. The van der Waals surface area contributed by atoms with Crippen molar-refractivity contribution < 1.29 is 0 Å². The average molecular weight is 346 g/mol. The molecule has 5 rings (SSSR count). The number of rotatable bonds is 4. The summed E-state index contributed by atoms with van der Waals surface area (Å²) in [5.41, 5.74) is 3.76. The summed E-state index contributed by atoms with van der Waals surface area (Å²) in [6.07, 6.45) is 5.54. The largest absolute Gasteiger partial charge is 0.360 e. The molecule has 130 valence electrons. The highest BCUT2D eigenvalue weighted by Gasteiger charge is 2.22. The number of hydrogen-bond donors (Lipinski definition) is 1. The van der Waals surface area contributed by atoms with Gasteiger partial charge in [0.05, 0.1) is 18.3 Å². The number of fused-ring (bicyclic) bond motifs is 2. The molecule has 0 fully saturated rings. The van der Waals surface area contributed by atoms with Gasteiger partial charge in [-0.3, -0.25) is 4.68 Å². The van der Waals surface area contributed by atoms with Crippen molar-refractivity contribution >= 4 is 17.0 Å². The SMILES string of the molecule is c1ccc(Cn2nnc3c(NC4CCCn5nccc54)ncnc32)cc1. The van der Waals surface area contributed by atoms with Crippen molar-refractivity contribution in [3.63, 3.8) is 0 Å². The Hall–Kier alpha value is -3.29. The van der Waals surface area contributed by atoms with E-state index in [1.54, 1.807) is 6.33 Å². The molecular weight excluding hydrogens is 328 g/mol. The maximum atomic E-state index is 4.41. The zero-order valence-corrected chi connectivity index (χ0v) is 14.2. The summed E-state index contributed by atoms with van der Waals surface area (Å²) < 4.78 is 3.86. The van der Waals surface area contributed by atoms with Crippen molar-refractivity contribution in [2.75, 3.05) is 5.32 Å². The Labute approximate surface area is 149 Å². The highest BCUT2D eigenvalue weighted by atomic mass is 15.4. The Balaban J connectivity index is 1.47. The van der Waals surface area contributed by atoms with Gasteiger partial charge in [0.1, 0.15) is 6.33 Å². The molecule has 8 heteroatoms. The third-order valence-corrected chi connectivity index (χ3v) is 4.76. The molecule has 0 aliphatic carbocycles. The molecule has 1 aliphatic rings. The van der Waals surface area contributed by atoms with Crippen molar-refractivity contribution in [3.8, 4) is 0 Å². The van der Waals surface area contributed by atoms with Crippen molar-refractivity contribution in [1.82, 2.24) is 34.7 Å². The van der Waals surface area contributed by atoms with Gasteiger partial charge in [-0.2, -0.15) is 5.10 Å². The predicted octanol–water partition coefficient (Wildman–Crippen LogP) is 2.41. The molecular formula is C18H18N8. The number of benzene rings is 1. The van der Waals surface area contributed by atoms with Gasteiger partial charge in [-0.25, -0.2) is 14.6 Å². The third kappa shape index (κ3) is 2.59. The topological polar surface area (TPSA) is 86.3 Å². The minimum Gasteiger partial charge on any atom is -0.360 e. The smallest absolute Gasteiger partial charge is 0.184 e. The molecule has 1 atom stereocenters. The average Bonchev–Trinajstić information content (AvgIpc) is 3.31. The van der Waals surface area contributed by atoms with Gasteiger partial charge in [0.25, 0.3) is 0 Å². The summed E-state index contributed by atoms with van der Waals surface area (Å²) in [6.45, 7) is 1.59. The van der Waals surface area contributed by atoms with Crippen LogP contribution in [-0.2, 0) is 13.1 Å². The highest BCUT2D eigenvalue weighted by molar-refractivity contribution is 5.82. The summed E-state index contributed by atoms with van der Waals surface area (Å²) in [5, 5.41) is 16.5. The van der Waals surface area contributed by atoms with Crippen LogP contribution in [0, 0.1) is 0 Å². The fourth-order valence-electron chi connectivity index (χ4n) is 3.49. The van der Waals surface area contributed by atoms with Gasteiger partial charge in [-0.15, -0.1) is 5.10 Å². The molecule has 4 aromatic rings. The molecule has 0 saturated heterocycles. The molecule has 26 heavy (non-hydrogen) atoms. The molecule has 1 aliphatic heterocycles. The normalized spacial score (nSPS) is 16.5. The van der Waals surface area contributed by atoms with Crippen molar-refractivity contribution in [1.29, 1.82) is 0 Å². The van der Waals surface area contributed by atoms with Gasteiger partial charge in [0.2, 0.25) is 0 Å². The van der Waals surface area contributed by atoms with Gasteiger partial charge in [-0.1, -0.05) is 35.5 Å². The predicted molar refractivity (Wildman–Crippen MR) is 96.5 cm³/mol. The number of hydrogen-bond acceptors (Lipinski definition) is 6. The molecule has 0 saturated carbocycles. The lowest BCUT2D eigenvalue weighted by Crippen LogP contribution is -2.22. The first-order valence-corrected chi connectivity index (χ1v) is 8.75. The Kier molecular flexibility index (Phi) is 3.59. The molecule has 3 aromatic heterocycles. The summed E-state index contributed by atoms with van der Waals surface area (Å²) in [5.74, 6) is 0.717. The molecule has 0 amide bonds. The van der Waals surface area contributed by atoms with Crippen molar-refractivity contribution in [3.05, 3.63) is 60.2 Å². The van der Waals surface area contributed by atoms with E-state index >= 15 is 0 Å². The number of aromatic nitrogens is 7. The van der Waals surface area contributed by atoms with Gasteiger partial charge in [0.15, 0.2) is 17.0 Å². The van der Waals surface area contributed by atoms with Crippen molar-refractivity contribution in [2.45, 2.75) is 32.0 Å². The second kappa shape index (κ2) is 6.21. The second-order valence-electron chi connectivity index (χ2n) is 6.45. The lowest BCUT2D eigenvalue weighted by molar-refractivity contribution is 0.445. The van der Waals surface area contributed by atoms with Crippen LogP contribution in [-0.4, -0.2) is 34.7 Å². The fraction of sp³-hybridized carbons (Fsp3) is 0.278. The lowest BCUT2D eigenvalue weighted by atomic mass is 10.0. The van der Waals surface area contributed by atoms with Crippen LogP contribution in [0.4, 0.5) is 5.82 Å². The molecule has 0 radical (unpaired) electrons. The zero-order valence-electron chi connectivity index (χ0n) is 14.2. The van der Waals surface area contributed by atoms with E-state index in [1.807, 2.05) is 33.8 Å². The molecule has 1 unspecified atom stereocenters. The van der Waals surface area contributed by atoms with Gasteiger partial charge in [-0.05, 0) is 24.5 Å². The second-order valence-corrected chi connectivity index (χ2v) is 6.45. The van der Waals surface area contributed by atoms with Crippen LogP contribution >= 0.6 is 0 Å². The lowest BCUT2D eigenvalue weighted by Gasteiger charge is -2.24. The van der Waals surface area contributed by atoms with Crippen LogP contribution < -0.4 is 5.32 Å². The number of aryl methyl sites for hydroxylation is 1. The number of nitrogens with one attached hydrogen (secondary N) is 1. The van der Waals surface area contributed by atoms with E-state index in [-0.39, 0.29) is 6.04 Å². The van der Waals surface area contributed by atoms with E-state index in [4.69, 9.17) is 0 Å². The van der Waals surface area contributed by atoms with Gasteiger partial charge < -0.3 is 5.32 Å². The Bertz CT molecular complexity index is 1040. The van der Waals surface area contributed by atoms with Crippen molar-refractivity contribution in [2.24, 2.45) is 0 Å². The Morgan fingerprint density at radius 3 is 2.96 bits per heavy atom. The summed E-state index contributed by atoms with van der Waals surface area (Å²) in [4.78, 5) is 8.81. The van der Waals surface area contributed by atoms with Crippen LogP contribution in [0.2, 0.25) is 0 Å². The van der Waals surface area contributed by atoms with Crippen LogP contribution in [0.5, 0.6) is 0 Å². The van der Waals surface area contributed by atoms with E-state index in [0.717, 1.165) is 30.6 Å². The first-order chi connectivity index (χ1) is 12.9. The van der Waals surface area contributed by atoms with E-state index < -0.39 is 0 Å². The van der Waals surface area contributed by atoms with Crippen LogP contribution in [0.1, 0.15) is 30.1 Å². The maximum absolute atomic E-state index is 4.41. The minimum absolute atomic E-state index is 0.170. The molecule has 1 N–H and O–H groups in total. The summed E-state index contributed by atoms with van der Waals surface area (Å²) in [7, 11) is 0. The number of anilines is 1. The van der Waals surface area contributed by atoms with Gasteiger partial charge >= 0.3 is 0 Å². The minimum atomic E-state index is 0.170. The Morgan fingerprint density at radius 2 is 2.04 bits per heavy atom. The molecule has 0 bridgehead atoms. The van der Waals surface area contributed by atoms with E-state index in [9.17, 15) is 0 Å².